The molecule has 176 valence electrons. The van der Waals surface area contributed by atoms with E-state index in [0.29, 0.717) is 16.3 Å². The quantitative estimate of drug-likeness (QED) is 0.612. The Kier molecular flexibility index (Phi) is 6.60. The number of halogens is 4. The Morgan fingerprint density at radius 1 is 1.09 bits per heavy atom. The van der Waals surface area contributed by atoms with Gasteiger partial charge in [-0.15, -0.1) is 0 Å². The van der Waals surface area contributed by atoms with E-state index in [1.807, 2.05) is 0 Å². The Morgan fingerprint density at radius 3 is 2.18 bits per heavy atom. The van der Waals surface area contributed by atoms with Gasteiger partial charge in [0.25, 0.3) is 0 Å². The molecular weight excluding hydrogens is 461 g/mol. The van der Waals surface area contributed by atoms with Gasteiger partial charge in [-0.3, -0.25) is 9.80 Å². The fourth-order valence-corrected chi connectivity index (χ4v) is 3.60. The molecule has 0 spiro atoms. The van der Waals surface area contributed by atoms with Gasteiger partial charge in [-0.25, -0.2) is 14.6 Å². The van der Waals surface area contributed by atoms with Crippen molar-refractivity contribution >= 4 is 35.1 Å². The first-order chi connectivity index (χ1) is 15.4. The summed E-state index contributed by atoms with van der Waals surface area (Å²) >= 11 is 5.99. The molecule has 1 aliphatic heterocycles. The van der Waals surface area contributed by atoms with Crippen molar-refractivity contribution in [1.29, 1.82) is 0 Å². The number of anilines is 1. The molecular formula is C22H22ClF3N4O3. The zero-order valence-electron chi connectivity index (χ0n) is 18.4. The van der Waals surface area contributed by atoms with Crippen molar-refractivity contribution in [3.05, 3.63) is 64.7 Å². The van der Waals surface area contributed by atoms with Crippen molar-refractivity contribution in [3.63, 3.8) is 0 Å². The molecule has 0 bridgehead atoms. The average molecular weight is 483 g/mol. The van der Waals surface area contributed by atoms with E-state index in [4.69, 9.17) is 16.3 Å². The van der Waals surface area contributed by atoms with E-state index in [2.05, 4.69) is 5.10 Å². The zero-order valence-corrected chi connectivity index (χ0v) is 19.1. The van der Waals surface area contributed by atoms with Crippen molar-refractivity contribution in [2.45, 2.75) is 18.6 Å². The number of hydrogen-bond acceptors (Lipinski definition) is 4. The van der Waals surface area contributed by atoms with Crippen LogP contribution in [-0.2, 0) is 10.9 Å². The second-order valence-electron chi connectivity index (χ2n) is 7.70. The predicted molar refractivity (Wildman–Crippen MR) is 119 cm³/mol. The number of ether oxygens (including phenoxy) is 1. The highest BCUT2D eigenvalue weighted by atomic mass is 35.5. The van der Waals surface area contributed by atoms with Gasteiger partial charge in [0, 0.05) is 30.4 Å². The molecule has 0 fully saturated rings. The van der Waals surface area contributed by atoms with Crippen LogP contribution in [0.2, 0.25) is 5.02 Å². The lowest BCUT2D eigenvalue weighted by atomic mass is 9.90. The normalized spacial score (nSPS) is 18.1. The lowest BCUT2D eigenvalue weighted by molar-refractivity contribution is -0.137. The number of carbonyl (C=O) groups excluding carboxylic acids is 2. The van der Waals surface area contributed by atoms with Crippen molar-refractivity contribution in [2.75, 3.05) is 32.6 Å². The summed E-state index contributed by atoms with van der Waals surface area (Å²) in [5.41, 5.74) is -0.529. The molecule has 1 atom stereocenters. The summed E-state index contributed by atoms with van der Waals surface area (Å²) in [6.07, 6.45) is -5.10. The molecule has 0 radical (unpaired) electrons. The van der Waals surface area contributed by atoms with Gasteiger partial charge in [0.2, 0.25) is 0 Å². The number of nitrogens with zero attached hydrogens (tertiary/aromatic N) is 4. The largest absolute Gasteiger partial charge is 0.453 e. The first kappa shape index (κ1) is 24.4. The summed E-state index contributed by atoms with van der Waals surface area (Å²) in [6, 6.07) is 10.4. The molecule has 0 aromatic heterocycles. The number of carbonyl (C=O) groups is 2. The third kappa shape index (κ3) is 4.75. The van der Waals surface area contributed by atoms with E-state index in [-0.39, 0.29) is 12.2 Å². The van der Waals surface area contributed by atoms with Crippen LogP contribution in [0.3, 0.4) is 0 Å². The van der Waals surface area contributed by atoms with Crippen LogP contribution in [-0.4, -0.2) is 61.0 Å². The Balaban J connectivity index is 1.94. The third-order valence-corrected chi connectivity index (χ3v) is 5.84. The highest BCUT2D eigenvalue weighted by Crippen LogP contribution is 2.32. The summed E-state index contributed by atoms with van der Waals surface area (Å²) in [4.78, 5) is 28.0. The van der Waals surface area contributed by atoms with E-state index < -0.39 is 29.4 Å². The predicted octanol–water partition coefficient (Wildman–Crippen LogP) is 5.09. The van der Waals surface area contributed by atoms with Crippen LogP contribution in [0, 0.1) is 0 Å². The van der Waals surface area contributed by atoms with Crippen LogP contribution < -0.4 is 4.90 Å². The molecule has 2 aromatic rings. The summed E-state index contributed by atoms with van der Waals surface area (Å²) in [6.45, 7) is 1.74. The van der Waals surface area contributed by atoms with Gasteiger partial charge >= 0.3 is 18.3 Å². The standard InChI is InChI=1S/C22H22ClF3N4O3/c1-21(29(3)20(32)33-4)13-30(27-18(21)14-5-9-16(23)10-6-14)19(31)28(2)17-11-7-15(8-12-17)22(24,25)26/h5-12H,13H2,1-4H3. The molecule has 0 saturated heterocycles. The zero-order chi connectivity index (χ0) is 24.6. The molecule has 3 rings (SSSR count). The second-order valence-corrected chi connectivity index (χ2v) is 8.14. The van der Waals surface area contributed by atoms with Gasteiger partial charge in [-0.05, 0) is 43.3 Å². The van der Waals surface area contributed by atoms with Gasteiger partial charge < -0.3 is 4.74 Å². The molecule has 0 aliphatic carbocycles. The van der Waals surface area contributed by atoms with E-state index in [9.17, 15) is 22.8 Å². The summed E-state index contributed by atoms with van der Waals surface area (Å²) in [7, 11) is 4.21. The Bertz CT molecular complexity index is 1070. The number of urea groups is 1. The lowest BCUT2D eigenvalue weighted by Crippen LogP contribution is -2.56. The molecule has 7 nitrogen and oxygen atoms in total. The average Bonchev–Trinajstić information content (AvgIpc) is 3.15. The lowest BCUT2D eigenvalue weighted by Gasteiger charge is -2.35. The summed E-state index contributed by atoms with van der Waals surface area (Å²) < 4.78 is 43.4. The maximum absolute atomic E-state index is 13.2. The van der Waals surface area contributed by atoms with Crippen molar-refractivity contribution in [3.8, 4) is 0 Å². The van der Waals surface area contributed by atoms with Crippen LogP contribution in [0.25, 0.3) is 0 Å². The van der Waals surface area contributed by atoms with Gasteiger partial charge in [0.15, 0.2) is 0 Å². The molecule has 0 saturated carbocycles. The number of benzene rings is 2. The highest BCUT2D eigenvalue weighted by molar-refractivity contribution is 6.30. The number of amides is 3. The van der Waals surface area contributed by atoms with Crippen molar-refractivity contribution < 1.29 is 27.5 Å². The van der Waals surface area contributed by atoms with Gasteiger partial charge in [0.1, 0.15) is 5.54 Å². The molecule has 11 heteroatoms. The Labute approximate surface area is 194 Å². The van der Waals surface area contributed by atoms with Gasteiger partial charge in [-0.1, -0.05) is 23.7 Å². The first-order valence-corrected chi connectivity index (χ1v) is 10.2. The highest BCUT2D eigenvalue weighted by Gasteiger charge is 2.47. The molecule has 1 heterocycles. The van der Waals surface area contributed by atoms with Crippen LogP contribution >= 0.6 is 11.6 Å². The maximum atomic E-state index is 13.2. The van der Waals surface area contributed by atoms with Crippen molar-refractivity contribution in [1.82, 2.24) is 9.91 Å². The molecule has 1 unspecified atom stereocenters. The van der Waals surface area contributed by atoms with Crippen LogP contribution in [0.4, 0.5) is 28.4 Å². The number of rotatable bonds is 3. The van der Waals surface area contributed by atoms with E-state index in [1.54, 1.807) is 31.2 Å². The Hall–Kier alpha value is -3.27. The number of likely N-dealkylation sites (N-methyl/N-ethyl adjacent to an activating group) is 1. The van der Waals surface area contributed by atoms with E-state index in [0.717, 1.165) is 12.1 Å². The van der Waals surface area contributed by atoms with E-state index >= 15 is 0 Å². The van der Waals surface area contributed by atoms with Crippen molar-refractivity contribution in [2.24, 2.45) is 5.10 Å². The minimum Gasteiger partial charge on any atom is -0.453 e. The first-order valence-electron chi connectivity index (χ1n) is 9.78. The van der Waals surface area contributed by atoms with Gasteiger partial charge in [0.05, 0.1) is 24.9 Å². The number of hydrazone groups is 1. The van der Waals surface area contributed by atoms with Gasteiger partial charge in [-0.2, -0.15) is 18.3 Å². The van der Waals surface area contributed by atoms with E-state index in [1.165, 1.54) is 48.1 Å². The fraction of sp³-hybridized carbons (Fsp3) is 0.318. The number of hydrogen-bond donors (Lipinski definition) is 0. The Morgan fingerprint density at radius 2 is 1.67 bits per heavy atom. The number of alkyl halides is 3. The van der Waals surface area contributed by atoms with Crippen LogP contribution in [0.5, 0.6) is 0 Å². The molecule has 33 heavy (non-hydrogen) atoms. The molecule has 3 amide bonds. The molecule has 0 N–H and O–H groups in total. The minimum atomic E-state index is -4.48. The summed E-state index contributed by atoms with van der Waals surface area (Å²) in [5, 5.41) is 6.15. The monoisotopic (exact) mass is 482 g/mol. The molecule has 2 aromatic carbocycles. The number of methoxy groups -OCH3 is 1. The SMILES string of the molecule is COC(=O)N(C)C1(C)CN(C(=O)N(C)c2ccc(C(F)(F)F)cc2)N=C1c1ccc(Cl)cc1. The fourth-order valence-electron chi connectivity index (χ4n) is 3.48. The third-order valence-electron chi connectivity index (χ3n) is 5.58. The smallest absolute Gasteiger partial charge is 0.416 e. The minimum absolute atomic E-state index is 0.000365. The van der Waals surface area contributed by atoms with Crippen LogP contribution in [0.15, 0.2) is 53.6 Å². The summed E-state index contributed by atoms with van der Waals surface area (Å²) in [5.74, 6) is 0. The maximum Gasteiger partial charge on any atom is 0.416 e. The second kappa shape index (κ2) is 8.93. The van der Waals surface area contributed by atoms with Crippen LogP contribution in [0.1, 0.15) is 18.1 Å². The molecule has 1 aliphatic rings. The topological polar surface area (TPSA) is 65.5 Å².